The Morgan fingerprint density at radius 1 is 0.921 bits per heavy atom. The van der Waals surface area contributed by atoms with Crippen molar-refractivity contribution in [2.45, 2.75) is 13.5 Å². The van der Waals surface area contributed by atoms with Crippen molar-refractivity contribution >= 4 is 17.4 Å². The molecule has 0 spiro atoms. The zero-order valence-electron chi connectivity index (χ0n) is 21.3. The Bertz CT molecular complexity index is 1430. The average Bonchev–Trinajstić information content (AvgIpc) is 3.43. The molecule has 1 saturated heterocycles. The summed E-state index contributed by atoms with van der Waals surface area (Å²) < 4.78 is 10.9. The molecule has 38 heavy (non-hydrogen) atoms. The van der Waals surface area contributed by atoms with Crippen molar-refractivity contribution in [1.82, 2.24) is 19.8 Å². The van der Waals surface area contributed by atoms with Crippen LogP contribution >= 0.6 is 0 Å². The SMILES string of the molecule is Cc1ccc(CN2CCN(C(=O)c3cnc(-c4ccc5c(c4)OCO5)nc3Nc3ccccc3)CC2)cc1. The van der Waals surface area contributed by atoms with Crippen molar-refractivity contribution in [3.8, 4) is 22.9 Å². The van der Waals surface area contributed by atoms with Gasteiger partial charge in [0.25, 0.3) is 5.91 Å². The topological polar surface area (TPSA) is 79.8 Å². The lowest BCUT2D eigenvalue weighted by atomic mass is 10.1. The van der Waals surface area contributed by atoms with Crippen LogP contribution in [-0.4, -0.2) is 58.6 Å². The van der Waals surface area contributed by atoms with Crippen LogP contribution in [0, 0.1) is 6.92 Å². The first kappa shape index (κ1) is 23.9. The molecular weight excluding hydrogens is 478 g/mol. The Labute approximate surface area is 221 Å². The smallest absolute Gasteiger partial charge is 0.259 e. The minimum atomic E-state index is -0.0735. The number of aryl methyl sites for hydroxylation is 1. The summed E-state index contributed by atoms with van der Waals surface area (Å²) in [5, 5.41) is 3.34. The summed E-state index contributed by atoms with van der Waals surface area (Å²) >= 11 is 0. The van der Waals surface area contributed by atoms with Crippen molar-refractivity contribution in [3.63, 3.8) is 0 Å². The number of fused-ring (bicyclic) bond motifs is 1. The summed E-state index contributed by atoms with van der Waals surface area (Å²) in [6, 6.07) is 24.0. The molecule has 1 aromatic heterocycles. The second kappa shape index (κ2) is 10.5. The number of aromatic nitrogens is 2. The van der Waals surface area contributed by atoms with Gasteiger partial charge in [-0.05, 0) is 42.8 Å². The molecule has 2 aliphatic rings. The number of piperazine rings is 1. The zero-order valence-corrected chi connectivity index (χ0v) is 21.3. The van der Waals surface area contributed by atoms with E-state index in [1.165, 1.54) is 11.1 Å². The number of ether oxygens (including phenoxy) is 2. The van der Waals surface area contributed by atoms with Crippen LogP contribution in [0.4, 0.5) is 11.5 Å². The Morgan fingerprint density at radius 2 is 1.68 bits per heavy atom. The molecule has 192 valence electrons. The second-order valence-electron chi connectivity index (χ2n) is 9.57. The number of para-hydroxylation sites is 1. The molecule has 0 radical (unpaired) electrons. The number of anilines is 2. The van der Waals surface area contributed by atoms with Gasteiger partial charge in [0.2, 0.25) is 6.79 Å². The highest BCUT2D eigenvalue weighted by Crippen LogP contribution is 2.35. The molecule has 3 aromatic carbocycles. The lowest BCUT2D eigenvalue weighted by Crippen LogP contribution is -2.48. The third kappa shape index (κ3) is 5.17. The van der Waals surface area contributed by atoms with Gasteiger partial charge in [0.05, 0.1) is 0 Å². The third-order valence-electron chi connectivity index (χ3n) is 6.87. The van der Waals surface area contributed by atoms with Crippen molar-refractivity contribution in [3.05, 3.63) is 95.7 Å². The predicted molar refractivity (Wildman–Crippen MR) is 146 cm³/mol. The van der Waals surface area contributed by atoms with Crippen molar-refractivity contribution in [2.75, 3.05) is 38.3 Å². The fourth-order valence-corrected chi connectivity index (χ4v) is 4.70. The number of carbonyl (C=O) groups is 1. The number of carbonyl (C=O) groups excluding carboxylic acids is 1. The first-order valence-corrected chi connectivity index (χ1v) is 12.8. The lowest BCUT2D eigenvalue weighted by molar-refractivity contribution is 0.0628. The van der Waals surface area contributed by atoms with E-state index < -0.39 is 0 Å². The Balaban J connectivity index is 1.22. The molecule has 0 bridgehead atoms. The summed E-state index contributed by atoms with van der Waals surface area (Å²) in [5.41, 5.74) is 4.63. The van der Waals surface area contributed by atoms with E-state index in [1.54, 1.807) is 6.20 Å². The van der Waals surface area contributed by atoms with Gasteiger partial charge in [0.15, 0.2) is 17.3 Å². The average molecular weight is 508 g/mol. The van der Waals surface area contributed by atoms with Gasteiger partial charge >= 0.3 is 0 Å². The maximum absolute atomic E-state index is 13.7. The maximum atomic E-state index is 13.7. The molecule has 0 unspecified atom stereocenters. The van der Waals surface area contributed by atoms with Gasteiger partial charge < -0.3 is 19.7 Å². The number of rotatable bonds is 6. The van der Waals surface area contributed by atoms with E-state index >= 15 is 0 Å². The van der Waals surface area contributed by atoms with E-state index in [2.05, 4.69) is 46.4 Å². The largest absolute Gasteiger partial charge is 0.454 e. The van der Waals surface area contributed by atoms with E-state index in [-0.39, 0.29) is 12.7 Å². The van der Waals surface area contributed by atoms with Gasteiger partial charge in [-0.1, -0.05) is 48.0 Å². The molecule has 0 saturated carbocycles. The lowest BCUT2D eigenvalue weighted by Gasteiger charge is -2.35. The third-order valence-corrected chi connectivity index (χ3v) is 6.87. The van der Waals surface area contributed by atoms with Gasteiger partial charge in [-0.15, -0.1) is 0 Å². The number of nitrogens with zero attached hydrogens (tertiary/aromatic N) is 4. The molecule has 4 aromatic rings. The Hall–Kier alpha value is -4.43. The molecule has 8 heteroatoms. The van der Waals surface area contributed by atoms with Gasteiger partial charge in [-0.25, -0.2) is 9.97 Å². The van der Waals surface area contributed by atoms with Crippen molar-refractivity contribution in [1.29, 1.82) is 0 Å². The van der Waals surface area contributed by atoms with Crippen LogP contribution in [0.1, 0.15) is 21.5 Å². The first-order valence-electron chi connectivity index (χ1n) is 12.8. The number of hydrogen-bond acceptors (Lipinski definition) is 7. The van der Waals surface area contributed by atoms with E-state index in [0.717, 1.165) is 30.9 Å². The fraction of sp³-hybridized carbons (Fsp3) is 0.233. The molecule has 6 rings (SSSR count). The highest BCUT2D eigenvalue weighted by atomic mass is 16.7. The second-order valence-corrected chi connectivity index (χ2v) is 9.57. The van der Waals surface area contributed by atoms with Crippen molar-refractivity contribution < 1.29 is 14.3 Å². The minimum Gasteiger partial charge on any atom is -0.454 e. The maximum Gasteiger partial charge on any atom is 0.259 e. The quantitative estimate of drug-likeness (QED) is 0.398. The number of hydrogen-bond donors (Lipinski definition) is 1. The molecule has 0 aliphatic carbocycles. The molecule has 0 atom stereocenters. The van der Waals surface area contributed by atoms with E-state index in [0.29, 0.717) is 41.8 Å². The summed E-state index contributed by atoms with van der Waals surface area (Å²) in [5.74, 6) is 2.26. The zero-order chi connectivity index (χ0) is 25.9. The highest BCUT2D eigenvalue weighted by molar-refractivity contribution is 5.99. The van der Waals surface area contributed by atoms with Crippen LogP contribution in [0.2, 0.25) is 0 Å². The van der Waals surface area contributed by atoms with Crippen LogP contribution in [0.5, 0.6) is 11.5 Å². The molecule has 3 heterocycles. The van der Waals surface area contributed by atoms with Crippen LogP contribution in [0.3, 0.4) is 0 Å². The van der Waals surface area contributed by atoms with Crippen LogP contribution in [-0.2, 0) is 6.54 Å². The summed E-state index contributed by atoms with van der Waals surface area (Å²) in [7, 11) is 0. The van der Waals surface area contributed by atoms with E-state index in [4.69, 9.17) is 14.5 Å². The first-order chi connectivity index (χ1) is 18.6. The monoisotopic (exact) mass is 507 g/mol. The van der Waals surface area contributed by atoms with Gasteiger partial charge in [0.1, 0.15) is 11.4 Å². The van der Waals surface area contributed by atoms with Gasteiger partial charge in [-0.3, -0.25) is 9.69 Å². The van der Waals surface area contributed by atoms with Gasteiger partial charge in [-0.2, -0.15) is 0 Å². The van der Waals surface area contributed by atoms with Crippen LogP contribution in [0.15, 0.2) is 79.0 Å². The van der Waals surface area contributed by atoms with Crippen molar-refractivity contribution in [2.24, 2.45) is 0 Å². The van der Waals surface area contributed by atoms with Gasteiger partial charge in [0, 0.05) is 50.2 Å². The fourth-order valence-electron chi connectivity index (χ4n) is 4.70. The Morgan fingerprint density at radius 3 is 2.47 bits per heavy atom. The summed E-state index contributed by atoms with van der Waals surface area (Å²) in [4.78, 5) is 27.3. The molecule has 2 aliphatic heterocycles. The van der Waals surface area contributed by atoms with Crippen LogP contribution in [0.25, 0.3) is 11.4 Å². The molecule has 8 nitrogen and oxygen atoms in total. The summed E-state index contributed by atoms with van der Waals surface area (Å²) in [6.45, 7) is 6.12. The van der Waals surface area contributed by atoms with Crippen LogP contribution < -0.4 is 14.8 Å². The standard InChI is InChI=1S/C30H29N5O3/c1-21-7-9-22(10-8-21)19-34-13-15-35(16-14-34)30(36)25-18-31-28(23-11-12-26-27(17-23)38-20-37-26)33-29(25)32-24-5-3-2-4-6-24/h2-12,17-18H,13-16,19-20H2,1H3,(H,31,32,33). The summed E-state index contributed by atoms with van der Waals surface area (Å²) in [6.07, 6.45) is 1.62. The Kier molecular flexibility index (Phi) is 6.62. The molecule has 1 fully saturated rings. The molecule has 1 N–H and O–H groups in total. The molecule has 1 amide bonds. The van der Waals surface area contributed by atoms with E-state index in [9.17, 15) is 4.79 Å². The minimum absolute atomic E-state index is 0.0735. The molecular formula is C30H29N5O3. The number of amides is 1. The number of nitrogens with one attached hydrogen (secondary N) is 1. The normalized spacial score (nSPS) is 14.9. The number of benzene rings is 3. The van der Waals surface area contributed by atoms with E-state index in [1.807, 2.05) is 53.4 Å². The predicted octanol–water partition coefficient (Wildman–Crippen LogP) is 4.88. The highest BCUT2D eigenvalue weighted by Gasteiger charge is 2.26.